The van der Waals surface area contributed by atoms with Crippen molar-refractivity contribution in [3.8, 4) is 0 Å². The van der Waals surface area contributed by atoms with Crippen LogP contribution in [0.25, 0.3) is 0 Å². The highest BCUT2D eigenvalue weighted by Gasteiger charge is 2.34. The Labute approximate surface area is 110 Å². The van der Waals surface area contributed by atoms with E-state index in [0.717, 1.165) is 6.42 Å². The fourth-order valence-corrected chi connectivity index (χ4v) is 2.67. The highest BCUT2D eigenvalue weighted by atomic mass is 35.5. The average molecular weight is 271 g/mol. The number of aryl methyl sites for hydroxylation is 1. The number of hydrogen-bond donors (Lipinski definition) is 2. The van der Waals surface area contributed by atoms with Crippen molar-refractivity contribution in [2.24, 2.45) is 13.0 Å². The molecule has 1 aliphatic carbocycles. The second kappa shape index (κ2) is 5.02. The number of carbonyl (C=O) groups excluding carboxylic acids is 1. The molecule has 0 aliphatic heterocycles. The summed E-state index contributed by atoms with van der Waals surface area (Å²) in [6.07, 6.45) is 3.80. The number of aliphatic carboxylic acids is 1. The molecule has 1 aliphatic rings. The molecule has 18 heavy (non-hydrogen) atoms. The molecule has 1 heterocycles. The Bertz CT molecular complexity index is 484. The molecule has 2 atom stereocenters. The van der Waals surface area contributed by atoms with Gasteiger partial charge in [0.15, 0.2) is 0 Å². The first-order chi connectivity index (χ1) is 8.49. The second-order valence-electron chi connectivity index (χ2n) is 4.61. The first-order valence-corrected chi connectivity index (χ1v) is 6.22. The lowest BCUT2D eigenvalue weighted by Gasteiger charge is -2.17. The standard InChI is InChI=1S/C12H15ClN2O3/c1-15-6-7(13)5-10(15)11(16)14-9-4-2-3-8(9)12(17)18/h5-6,8-9H,2-4H2,1H3,(H,14,16)(H,17,18). The van der Waals surface area contributed by atoms with Gasteiger partial charge in [0.2, 0.25) is 0 Å². The van der Waals surface area contributed by atoms with Gasteiger partial charge in [-0.2, -0.15) is 0 Å². The molecule has 1 aromatic heterocycles. The van der Waals surface area contributed by atoms with Crippen LogP contribution in [-0.2, 0) is 11.8 Å². The average Bonchev–Trinajstić information content (AvgIpc) is 2.85. The van der Waals surface area contributed by atoms with Crippen LogP contribution in [0.1, 0.15) is 29.8 Å². The highest BCUT2D eigenvalue weighted by molar-refractivity contribution is 6.31. The molecule has 0 radical (unpaired) electrons. The SMILES string of the molecule is Cn1cc(Cl)cc1C(=O)NC1CCCC1C(=O)O. The summed E-state index contributed by atoms with van der Waals surface area (Å²) in [5.41, 5.74) is 0.441. The molecule has 0 spiro atoms. The molecule has 5 nitrogen and oxygen atoms in total. The maximum Gasteiger partial charge on any atom is 0.308 e. The molecule has 98 valence electrons. The summed E-state index contributed by atoms with van der Waals surface area (Å²) in [5, 5.41) is 12.3. The van der Waals surface area contributed by atoms with E-state index in [-0.39, 0.29) is 11.9 Å². The lowest BCUT2D eigenvalue weighted by molar-refractivity contribution is -0.142. The quantitative estimate of drug-likeness (QED) is 0.877. The Morgan fingerprint density at radius 3 is 2.78 bits per heavy atom. The summed E-state index contributed by atoms with van der Waals surface area (Å²) < 4.78 is 1.63. The van der Waals surface area contributed by atoms with Gasteiger partial charge < -0.3 is 15.0 Å². The van der Waals surface area contributed by atoms with E-state index in [1.165, 1.54) is 0 Å². The number of carbonyl (C=O) groups is 2. The largest absolute Gasteiger partial charge is 0.481 e. The van der Waals surface area contributed by atoms with Crippen LogP contribution < -0.4 is 5.32 Å². The number of nitrogens with one attached hydrogen (secondary N) is 1. The summed E-state index contributed by atoms with van der Waals surface area (Å²) in [5.74, 6) is -1.60. The predicted molar refractivity (Wildman–Crippen MR) is 66.7 cm³/mol. The molecular formula is C12H15ClN2O3. The third-order valence-electron chi connectivity index (χ3n) is 3.35. The van der Waals surface area contributed by atoms with Gasteiger partial charge in [-0.15, -0.1) is 0 Å². The number of aromatic nitrogens is 1. The number of halogens is 1. The molecule has 1 amide bonds. The molecule has 6 heteroatoms. The van der Waals surface area contributed by atoms with E-state index in [0.29, 0.717) is 23.6 Å². The zero-order valence-electron chi connectivity index (χ0n) is 10.0. The molecule has 2 rings (SSSR count). The molecule has 1 fully saturated rings. The van der Waals surface area contributed by atoms with Crippen LogP contribution in [-0.4, -0.2) is 27.6 Å². The van der Waals surface area contributed by atoms with Crippen LogP contribution >= 0.6 is 11.6 Å². The number of carboxylic acid groups (broad SMARTS) is 1. The second-order valence-corrected chi connectivity index (χ2v) is 5.05. The Kier molecular flexibility index (Phi) is 3.61. The van der Waals surface area contributed by atoms with E-state index in [2.05, 4.69) is 5.32 Å². The molecule has 2 N–H and O–H groups in total. The summed E-state index contributed by atoms with van der Waals surface area (Å²) in [7, 11) is 1.73. The highest BCUT2D eigenvalue weighted by Crippen LogP contribution is 2.26. The summed E-state index contributed by atoms with van der Waals surface area (Å²) >= 11 is 5.81. The van der Waals surface area contributed by atoms with Crippen LogP contribution in [0.5, 0.6) is 0 Å². The minimum absolute atomic E-state index is 0.275. The van der Waals surface area contributed by atoms with Gasteiger partial charge in [-0.3, -0.25) is 9.59 Å². The first-order valence-electron chi connectivity index (χ1n) is 5.84. The van der Waals surface area contributed by atoms with Gasteiger partial charge >= 0.3 is 5.97 Å². The maximum absolute atomic E-state index is 12.0. The monoisotopic (exact) mass is 270 g/mol. The number of rotatable bonds is 3. The van der Waals surface area contributed by atoms with E-state index >= 15 is 0 Å². The molecule has 0 bridgehead atoms. The van der Waals surface area contributed by atoms with Crippen LogP contribution in [0.2, 0.25) is 5.02 Å². The summed E-state index contributed by atoms with van der Waals surface area (Å²) in [6, 6.07) is 1.28. The molecule has 2 unspecified atom stereocenters. The van der Waals surface area contributed by atoms with Gasteiger partial charge in [0, 0.05) is 19.3 Å². The van der Waals surface area contributed by atoms with Crippen molar-refractivity contribution >= 4 is 23.5 Å². The van der Waals surface area contributed by atoms with Crippen molar-refractivity contribution in [3.63, 3.8) is 0 Å². The van der Waals surface area contributed by atoms with Crippen LogP contribution in [0.4, 0.5) is 0 Å². The van der Waals surface area contributed by atoms with Crippen LogP contribution in [0.3, 0.4) is 0 Å². The van der Waals surface area contributed by atoms with Crippen molar-refractivity contribution < 1.29 is 14.7 Å². The van der Waals surface area contributed by atoms with E-state index in [9.17, 15) is 9.59 Å². The van der Waals surface area contributed by atoms with Crippen LogP contribution in [0, 0.1) is 5.92 Å². The van der Waals surface area contributed by atoms with E-state index < -0.39 is 11.9 Å². The zero-order chi connectivity index (χ0) is 13.3. The van der Waals surface area contributed by atoms with Crippen molar-refractivity contribution in [1.82, 2.24) is 9.88 Å². The normalized spacial score (nSPS) is 23.0. The Morgan fingerprint density at radius 1 is 1.50 bits per heavy atom. The predicted octanol–water partition coefficient (Wildman–Crippen LogP) is 1.66. The smallest absolute Gasteiger partial charge is 0.308 e. The molecule has 0 saturated heterocycles. The van der Waals surface area contributed by atoms with Gasteiger partial charge in [0.25, 0.3) is 5.91 Å². The molecule has 1 aromatic rings. The number of carboxylic acids is 1. The lowest BCUT2D eigenvalue weighted by atomic mass is 10.0. The third-order valence-corrected chi connectivity index (χ3v) is 3.56. The number of hydrogen-bond acceptors (Lipinski definition) is 2. The van der Waals surface area contributed by atoms with Crippen molar-refractivity contribution in [1.29, 1.82) is 0 Å². The number of amides is 1. The Balaban J connectivity index is 2.07. The van der Waals surface area contributed by atoms with Gasteiger partial charge in [0.05, 0.1) is 10.9 Å². The van der Waals surface area contributed by atoms with Crippen molar-refractivity contribution in [3.05, 3.63) is 23.0 Å². The summed E-state index contributed by atoms with van der Waals surface area (Å²) in [6.45, 7) is 0. The van der Waals surface area contributed by atoms with E-state index in [1.807, 2.05) is 0 Å². The minimum atomic E-state index is -0.845. The molecular weight excluding hydrogens is 256 g/mol. The minimum Gasteiger partial charge on any atom is -0.481 e. The van der Waals surface area contributed by atoms with Gasteiger partial charge in [-0.25, -0.2) is 0 Å². The maximum atomic E-state index is 12.0. The summed E-state index contributed by atoms with van der Waals surface area (Å²) in [4.78, 5) is 23.0. The van der Waals surface area contributed by atoms with Crippen molar-refractivity contribution in [2.75, 3.05) is 0 Å². The zero-order valence-corrected chi connectivity index (χ0v) is 10.8. The van der Waals surface area contributed by atoms with Crippen molar-refractivity contribution in [2.45, 2.75) is 25.3 Å². The Morgan fingerprint density at radius 2 is 2.22 bits per heavy atom. The first kappa shape index (κ1) is 13.0. The number of nitrogens with zero attached hydrogens (tertiary/aromatic N) is 1. The van der Waals surface area contributed by atoms with Gasteiger partial charge in [0.1, 0.15) is 5.69 Å². The molecule has 1 saturated carbocycles. The Hall–Kier alpha value is -1.49. The lowest BCUT2D eigenvalue weighted by Crippen LogP contribution is -2.40. The topological polar surface area (TPSA) is 71.3 Å². The third kappa shape index (κ3) is 2.51. The van der Waals surface area contributed by atoms with Gasteiger partial charge in [-0.1, -0.05) is 18.0 Å². The van der Waals surface area contributed by atoms with Gasteiger partial charge in [-0.05, 0) is 18.9 Å². The van der Waals surface area contributed by atoms with Crippen LogP contribution in [0.15, 0.2) is 12.3 Å². The van der Waals surface area contributed by atoms with E-state index in [1.54, 1.807) is 23.9 Å². The fraction of sp³-hybridized carbons (Fsp3) is 0.500. The fourth-order valence-electron chi connectivity index (χ4n) is 2.42. The van der Waals surface area contributed by atoms with E-state index in [4.69, 9.17) is 16.7 Å². The molecule has 0 aromatic carbocycles.